The molecule has 0 aromatic carbocycles. The molecule has 4 saturated carbocycles. The summed E-state index contributed by atoms with van der Waals surface area (Å²) in [6.07, 6.45) is 6.22. The summed E-state index contributed by atoms with van der Waals surface area (Å²) in [6, 6.07) is 3.51. The van der Waals surface area contributed by atoms with Gasteiger partial charge in [0, 0.05) is 13.2 Å². The normalized spacial score (nSPS) is 38.3. The average Bonchev–Trinajstić information content (AvgIpc) is 2.93. The molecule has 1 aromatic rings. The molecule has 1 amide bonds. The molecule has 4 bridgehead atoms. The van der Waals surface area contributed by atoms with Gasteiger partial charge in [-0.3, -0.25) is 4.79 Å². The minimum Gasteiger partial charge on any atom is -0.453 e. The van der Waals surface area contributed by atoms with Crippen molar-refractivity contribution >= 4 is 5.91 Å². The smallest absolute Gasteiger partial charge is 0.287 e. The van der Waals surface area contributed by atoms with Gasteiger partial charge in [0.05, 0.1) is 5.60 Å². The quantitative estimate of drug-likeness (QED) is 0.869. The summed E-state index contributed by atoms with van der Waals surface area (Å²) in [4.78, 5) is 12.5. The molecule has 3 atom stereocenters. The van der Waals surface area contributed by atoms with Crippen LogP contribution in [0.15, 0.2) is 16.5 Å². The van der Waals surface area contributed by atoms with E-state index < -0.39 is 5.60 Å². The third-order valence-electron chi connectivity index (χ3n) is 6.51. The summed E-state index contributed by atoms with van der Waals surface area (Å²) in [5, 5.41) is 14.0. The highest BCUT2D eigenvalue weighted by molar-refractivity contribution is 5.91. The van der Waals surface area contributed by atoms with Crippen molar-refractivity contribution < 1.29 is 19.1 Å². The molecular weight excluding hydrogens is 306 g/mol. The van der Waals surface area contributed by atoms with Crippen LogP contribution in [0.4, 0.5) is 0 Å². The lowest BCUT2D eigenvalue weighted by atomic mass is 9.46. The van der Waals surface area contributed by atoms with Crippen LogP contribution in [0.5, 0.6) is 0 Å². The molecule has 0 radical (unpaired) electrons. The van der Waals surface area contributed by atoms with Crippen LogP contribution in [0, 0.1) is 17.3 Å². The van der Waals surface area contributed by atoms with Gasteiger partial charge < -0.3 is 19.6 Å². The highest BCUT2D eigenvalue weighted by Gasteiger charge is 2.59. The monoisotopic (exact) mass is 333 g/mol. The van der Waals surface area contributed by atoms with Gasteiger partial charge in [0.25, 0.3) is 5.91 Å². The van der Waals surface area contributed by atoms with E-state index in [4.69, 9.17) is 9.15 Å². The Bertz CT molecular complexity index is 623. The maximum atomic E-state index is 12.5. The minimum atomic E-state index is -0.501. The third-order valence-corrected chi connectivity index (χ3v) is 6.51. The van der Waals surface area contributed by atoms with E-state index in [2.05, 4.69) is 12.2 Å². The molecule has 4 aliphatic rings. The molecule has 4 aliphatic carbocycles. The van der Waals surface area contributed by atoms with Crippen LogP contribution in [0.2, 0.25) is 0 Å². The maximum absolute atomic E-state index is 12.5. The lowest BCUT2D eigenvalue weighted by Crippen LogP contribution is -2.61. The van der Waals surface area contributed by atoms with Gasteiger partial charge >= 0.3 is 0 Å². The van der Waals surface area contributed by atoms with E-state index in [-0.39, 0.29) is 17.4 Å². The predicted octanol–water partition coefficient (Wildman–Crippen LogP) is 2.88. The molecule has 0 saturated heterocycles. The number of methoxy groups -OCH3 is 1. The predicted molar refractivity (Wildman–Crippen MR) is 88.4 cm³/mol. The molecule has 0 unspecified atom stereocenters. The second-order valence-corrected chi connectivity index (χ2v) is 8.44. The first-order chi connectivity index (χ1) is 11.4. The largest absolute Gasteiger partial charge is 0.453 e. The van der Waals surface area contributed by atoms with Crippen LogP contribution in [0.1, 0.15) is 61.8 Å². The van der Waals surface area contributed by atoms with Gasteiger partial charge in [-0.05, 0) is 74.8 Å². The van der Waals surface area contributed by atoms with Gasteiger partial charge in [-0.15, -0.1) is 0 Å². The molecule has 5 nitrogen and oxygen atoms in total. The Hall–Kier alpha value is -1.33. The Balaban J connectivity index is 1.47. The molecular formula is C19H27NO4. The number of nitrogens with one attached hydrogen (secondary N) is 1. The number of rotatable bonds is 5. The zero-order valence-electron chi connectivity index (χ0n) is 14.5. The van der Waals surface area contributed by atoms with Crippen LogP contribution in [-0.4, -0.2) is 29.8 Å². The fraction of sp³-hybridized carbons (Fsp3) is 0.737. The van der Waals surface area contributed by atoms with Crippen LogP contribution in [0.3, 0.4) is 0 Å². The van der Waals surface area contributed by atoms with E-state index in [1.807, 2.05) is 0 Å². The SMILES string of the molecule is COCc1ccc(C(=O)N[C@@H](C)C23C[C@@H]4C[C@H](CC(O)(C4)C2)C3)o1. The van der Waals surface area contributed by atoms with Crippen molar-refractivity contribution in [2.75, 3.05) is 7.11 Å². The van der Waals surface area contributed by atoms with E-state index >= 15 is 0 Å². The molecule has 1 heterocycles. The molecule has 0 aliphatic heterocycles. The molecule has 1 aromatic heterocycles. The first-order valence-corrected chi connectivity index (χ1v) is 9.02. The number of furan rings is 1. The summed E-state index contributed by atoms with van der Waals surface area (Å²) in [6.45, 7) is 2.45. The van der Waals surface area contributed by atoms with Crippen LogP contribution in [0.25, 0.3) is 0 Å². The van der Waals surface area contributed by atoms with Gasteiger partial charge in [-0.25, -0.2) is 0 Å². The standard InChI is InChI=1S/C19H27NO4/c1-12(20-17(21)16-4-3-15(24-16)10-23-2)18-6-13-5-14(7-18)9-19(22,8-13)11-18/h3-4,12-14,22H,5-11H2,1-2H3,(H,20,21)/t12-,13-,14-,18?,19?/m0/s1. The van der Waals surface area contributed by atoms with Crippen molar-refractivity contribution in [3.05, 3.63) is 23.7 Å². The number of amides is 1. The number of hydrogen-bond donors (Lipinski definition) is 2. The molecule has 0 spiro atoms. The molecule has 132 valence electrons. The number of ether oxygens (including phenoxy) is 1. The van der Waals surface area contributed by atoms with Crippen LogP contribution < -0.4 is 5.32 Å². The van der Waals surface area contributed by atoms with Gasteiger partial charge in [-0.2, -0.15) is 0 Å². The number of aliphatic hydroxyl groups is 1. The van der Waals surface area contributed by atoms with Crippen molar-refractivity contribution in [2.24, 2.45) is 17.3 Å². The van der Waals surface area contributed by atoms with Crippen LogP contribution >= 0.6 is 0 Å². The first kappa shape index (κ1) is 16.2. The van der Waals surface area contributed by atoms with Crippen molar-refractivity contribution in [2.45, 2.75) is 63.7 Å². The average molecular weight is 333 g/mol. The lowest BCUT2D eigenvalue weighted by Gasteiger charge is -2.62. The Kier molecular flexibility index (Phi) is 3.77. The summed E-state index contributed by atoms with van der Waals surface area (Å²) < 4.78 is 10.6. The number of carbonyl (C=O) groups excluding carboxylic acids is 1. The van der Waals surface area contributed by atoms with Gasteiger partial charge in [-0.1, -0.05) is 0 Å². The van der Waals surface area contributed by atoms with E-state index in [1.54, 1.807) is 19.2 Å². The third kappa shape index (κ3) is 2.68. The fourth-order valence-electron chi connectivity index (χ4n) is 5.93. The summed E-state index contributed by atoms with van der Waals surface area (Å²) in [7, 11) is 1.60. The summed E-state index contributed by atoms with van der Waals surface area (Å²) in [5.41, 5.74) is -0.462. The topological polar surface area (TPSA) is 71.7 Å². The molecule has 4 fully saturated rings. The van der Waals surface area contributed by atoms with Gasteiger partial charge in [0.2, 0.25) is 0 Å². The van der Waals surface area contributed by atoms with E-state index in [9.17, 15) is 9.90 Å². The lowest BCUT2D eigenvalue weighted by molar-refractivity contribution is -0.171. The zero-order chi connectivity index (χ0) is 16.9. The molecule has 5 heteroatoms. The summed E-state index contributed by atoms with van der Waals surface area (Å²) in [5.74, 6) is 2.05. The Morgan fingerprint density at radius 3 is 2.71 bits per heavy atom. The van der Waals surface area contributed by atoms with Crippen molar-refractivity contribution in [3.8, 4) is 0 Å². The maximum Gasteiger partial charge on any atom is 0.287 e. The highest BCUT2D eigenvalue weighted by Crippen LogP contribution is 2.62. The Labute approximate surface area is 142 Å². The molecule has 2 N–H and O–H groups in total. The van der Waals surface area contributed by atoms with E-state index in [1.165, 1.54) is 6.42 Å². The van der Waals surface area contributed by atoms with Gasteiger partial charge in [0.15, 0.2) is 5.76 Å². The van der Waals surface area contributed by atoms with Gasteiger partial charge in [0.1, 0.15) is 12.4 Å². The van der Waals surface area contributed by atoms with Crippen molar-refractivity contribution in [1.29, 1.82) is 0 Å². The van der Waals surface area contributed by atoms with Crippen molar-refractivity contribution in [3.63, 3.8) is 0 Å². The zero-order valence-corrected chi connectivity index (χ0v) is 14.5. The highest BCUT2D eigenvalue weighted by atomic mass is 16.5. The van der Waals surface area contributed by atoms with Crippen molar-refractivity contribution in [1.82, 2.24) is 5.32 Å². The number of hydrogen-bond acceptors (Lipinski definition) is 4. The van der Waals surface area contributed by atoms with E-state index in [0.717, 1.165) is 32.1 Å². The Morgan fingerprint density at radius 1 is 1.38 bits per heavy atom. The molecule has 24 heavy (non-hydrogen) atoms. The molecule has 5 rings (SSSR count). The Morgan fingerprint density at radius 2 is 2.08 bits per heavy atom. The first-order valence-electron chi connectivity index (χ1n) is 9.02. The van der Waals surface area contributed by atoms with Crippen LogP contribution in [-0.2, 0) is 11.3 Å². The number of carbonyl (C=O) groups is 1. The summed E-state index contributed by atoms with van der Waals surface area (Å²) >= 11 is 0. The fourth-order valence-corrected chi connectivity index (χ4v) is 5.93. The second-order valence-electron chi connectivity index (χ2n) is 8.44. The van der Waals surface area contributed by atoms with E-state index in [0.29, 0.717) is 30.0 Å². The second kappa shape index (κ2) is 5.60. The minimum absolute atomic E-state index is 0.0381.